The molecule has 2 aromatic rings. The normalized spacial score (nSPS) is 10.4. The lowest BCUT2D eigenvalue weighted by Crippen LogP contribution is -2.24. The summed E-state index contributed by atoms with van der Waals surface area (Å²) in [6.07, 6.45) is 3.19. The summed E-state index contributed by atoms with van der Waals surface area (Å²) in [7, 11) is 0. The Bertz CT molecular complexity index is 709. The fourth-order valence-corrected chi connectivity index (χ4v) is 1.86. The van der Waals surface area contributed by atoms with E-state index in [9.17, 15) is 4.79 Å². The summed E-state index contributed by atoms with van der Waals surface area (Å²) >= 11 is 0. The van der Waals surface area contributed by atoms with Crippen LogP contribution in [0.2, 0.25) is 0 Å². The Morgan fingerprint density at radius 1 is 1.17 bits per heavy atom. The van der Waals surface area contributed by atoms with Crippen molar-refractivity contribution in [2.24, 2.45) is 5.10 Å². The lowest BCUT2D eigenvalue weighted by Gasteiger charge is -2.07. The van der Waals surface area contributed by atoms with Crippen molar-refractivity contribution in [1.29, 1.82) is 0 Å². The average molecular weight is 324 g/mol. The van der Waals surface area contributed by atoms with Crippen molar-refractivity contribution in [3.05, 3.63) is 72.3 Å². The number of para-hydroxylation sites is 1. The van der Waals surface area contributed by atoms with E-state index < -0.39 is 0 Å². The molecule has 0 aliphatic heterocycles. The Kier molecular flexibility index (Phi) is 6.58. The Morgan fingerprint density at radius 3 is 2.67 bits per heavy atom. The number of carbonyl (C=O) groups excluding carboxylic acids is 1. The molecule has 0 aliphatic rings. The zero-order valence-corrected chi connectivity index (χ0v) is 13.6. The summed E-state index contributed by atoms with van der Waals surface area (Å²) in [5.74, 6) is 0.977. The standard InChI is InChI=1S/C19H20N2O3/c1-3-12-23-18-7-5-4-6-16(18)13-20-21-19(22)14-24-17-10-8-15(2)9-11-17/h3-11,13H,1,12,14H2,2H3,(H,21,22)/b20-13-. The maximum absolute atomic E-state index is 11.7. The topological polar surface area (TPSA) is 59.9 Å². The van der Waals surface area contributed by atoms with Crippen molar-refractivity contribution in [3.8, 4) is 11.5 Å². The van der Waals surface area contributed by atoms with Crippen LogP contribution in [0.5, 0.6) is 11.5 Å². The van der Waals surface area contributed by atoms with E-state index in [0.717, 1.165) is 11.1 Å². The van der Waals surface area contributed by atoms with Crippen molar-refractivity contribution in [1.82, 2.24) is 5.43 Å². The molecular formula is C19H20N2O3. The number of hydrazone groups is 1. The van der Waals surface area contributed by atoms with E-state index in [1.54, 1.807) is 6.08 Å². The molecule has 0 spiro atoms. The van der Waals surface area contributed by atoms with Crippen LogP contribution in [0.4, 0.5) is 0 Å². The summed E-state index contributed by atoms with van der Waals surface area (Å²) in [6, 6.07) is 14.9. The van der Waals surface area contributed by atoms with Gasteiger partial charge in [-0.1, -0.05) is 42.5 Å². The van der Waals surface area contributed by atoms with E-state index in [1.807, 2.05) is 55.5 Å². The van der Waals surface area contributed by atoms with Gasteiger partial charge in [-0.15, -0.1) is 0 Å². The largest absolute Gasteiger partial charge is 0.489 e. The van der Waals surface area contributed by atoms with Gasteiger partial charge in [0.2, 0.25) is 0 Å². The molecule has 2 rings (SSSR count). The third kappa shape index (κ3) is 5.61. The Labute approximate surface area is 141 Å². The van der Waals surface area contributed by atoms with Crippen LogP contribution >= 0.6 is 0 Å². The van der Waals surface area contributed by atoms with Crippen LogP contribution < -0.4 is 14.9 Å². The van der Waals surface area contributed by atoms with Gasteiger partial charge in [-0.2, -0.15) is 5.10 Å². The van der Waals surface area contributed by atoms with Gasteiger partial charge < -0.3 is 9.47 Å². The van der Waals surface area contributed by atoms with Gasteiger partial charge in [0, 0.05) is 5.56 Å². The smallest absolute Gasteiger partial charge is 0.277 e. The second-order valence-electron chi connectivity index (χ2n) is 5.03. The van der Waals surface area contributed by atoms with Crippen LogP contribution in [0, 0.1) is 6.92 Å². The van der Waals surface area contributed by atoms with Crippen LogP contribution in [0.1, 0.15) is 11.1 Å². The number of amides is 1. The Hall–Kier alpha value is -3.08. The van der Waals surface area contributed by atoms with Crippen LogP contribution in [0.25, 0.3) is 0 Å². The molecule has 0 saturated heterocycles. The SMILES string of the molecule is C=CCOc1ccccc1/C=N\NC(=O)COc1ccc(C)cc1. The second kappa shape index (κ2) is 9.15. The van der Waals surface area contributed by atoms with E-state index in [-0.39, 0.29) is 12.5 Å². The lowest BCUT2D eigenvalue weighted by molar-refractivity contribution is -0.123. The number of nitrogens with zero attached hydrogens (tertiary/aromatic N) is 1. The van der Waals surface area contributed by atoms with Gasteiger partial charge in [-0.3, -0.25) is 4.79 Å². The molecule has 0 fully saturated rings. The molecule has 0 atom stereocenters. The first kappa shape index (κ1) is 17.3. The number of ether oxygens (including phenoxy) is 2. The highest BCUT2D eigenvalue weighted by Gasteiger charge is 2.02. The second-order valence-corrected chi connectivity index (χ2v) is 5.03. The zero-order valence-electron chi connectivity index (χ0n) is 13.6. The third-order valence-electron chi connectivity index (χ3n) is 3.06. The van der Waals surface area contributed by atoms with Gasteiger partial charge in [0.15, 0.2) is 6.61 Å². The van der Waals surface area contributed by atoms with E-state index in [1.165, 1.54) is 6.21 Å². The fourth-order valence-electron chi connectivity index (χ4n) is 1.86. The molecule has 0 unspecified atom stereocenters. The number of nitrogens with one attached hydrogen (secondary N) is 1. The minimum Gasteiger partial charge on any atom is -0.489 e. The predicted molar refractivity (Wildman–Crippen MR) is 94.5 cm³/mol. The predicted octanol–water partition coefficient (Wildman–Crippen LogP) is 3.09. The number of rotatable bonds is 8. The highest BCUT2D eigenvalue weighted by atomic mass is 16.5. The highest BCUT2D eigenvalue weighted by molar-refractivity contribution is 5.85. The van der Waals surface area contributed by atoms with Crippen molar-refractivity contribution in [2.75, 3.05) is 13.2 Å². The molecule has 124 valence electrons. The molecule has 0 aromatic heterocycles. The minimum atomic E-state index is -0.337. The molecule has 5 heteroatoms. The van der Waals surface area contributed by atoms with Gasteiger partial charge in [0.05, 0.1) is 6.21 Å². The third-order valence-corrected chi connectivity index (χ3v) is 3.06. The first-order valence-electron chi connectivity index (χ1n) is 7.53. The monoisotopic (exact) mass is 324 g/mol. The molecule has 1 amide bonds. The van der Waals surface area contributed by atoms with E-state index in [4.69, 9.17) is 9.47 Å². The van der Waals surface area contributed by atoms with Gasteiger partial charge in [-0.25, -0.2) is 5.43 Å². The van der Waals surface area contributed by atoms with Crippen molar-refractivity contribution in [2.45, 2.75) is 6.92 Å². The summed E-state index contributed by atoms with van der Waals surface area (Å²) < 4.78 is 10.9. The van der Waals surface area contributed by atoms with Crippen LogP contribution in [-0.2, 0) is 4.79 Å². The molecular weight excluding hydrogens is 304 g/mol. The zero-order chi connectivity index (χ0) is 17.2. The van der Waals surface area contributed by atoms with Gasteiger partial charge >= 0.3 is 0 Å². The van der Waals surface area contributed by atoms with Crippen LogP contribution in [0.15, 0.2) is 66.3 Å². The van der Waals surface area contributed by atoms with Crippen molar-refractivity contribution < 1.29 is 14.3 Å². The Balaban J connectivity index is 1.83. The number of benzene rings is 2. The Morgan fingerprint density at radius 2 is 1.92 bits per heavy atom. The summed E-state index contributed by atoms with van der Waals surface area (Å²) in [5, 5.41) is 3.93. The molecule has 24 heavy (non-hydrogen) atoms. The maximum atomic E-state index is 11.7. The molecule has 0 aliphatic carbocycles. The fraction of sp³-hybridized carbons (Fsp3) is 0.158. The van der Waals surface area contributed by atoms with E-state index in [0.29, 0.717) is 18.1 Å². The highest BCUT2D eigenvalue weighted by Crippen LogP contribution is 2.15. The van der Waals surface area contributed by atoms with Crippen LogP contribution in [-0.4, -0.2) is 25.3 Å². The number of hydrogen-bond donors (Lipinski definition) is 1. The first-order valence-corrected chi connectivity index (χ1v) is 7.53. The molecule has 5 nitrogen and oxygen atoms in total. The molecule has 0 saturated carbocycles. The van der Waals surface area contributed by atoms with Crippen molar-refractivity contribution >= 4 is 12.1 Å². The molecule has 1 N–H and O–H groups in total. The number of hydrogen-bond acceptors (Lipinski definition) is 4. The first-order chi connectivity index (χ1) is 11.7. The molecule has 0 radical (unpaired) electrons. The van der Waals surface area contributed by atoms with Gasteiger partial charge in [-0.05, 0) is 31.2 Å². The molecule has 0 heterocycles. The quantitative estimate of drug-likeness (QED) is 0.461. The number of carbonyl (C=O) groups is 1. The van der Waals surface area contributed by atoms with Crippen LogP contribution in [0.3, 0.4) is 0 Å². The minimum absolute atomic E-state index is 0.102. The number of aryl methyl sites for hydroxylation is 1. The lowest BCUT2D eigenvalue weighted by atomic mass is 10.2. The van der Waals surface area contributed by atoms with Gasteiger partial charge in [0.1, 0.15) is 18.1 Å². The van der Waals surface area contributed by atoms with Crippen molar-refractivity contribution in [3.63, 3.8) is 0 Å². The average Bonchev–Trinajstić information content (AvgIpc) is 2.60. The van der Waals surface area contributed by atoms with Gasteiger partial charge in [0.25, 0.3) is 5.91 Å². The molecule has 2 aromatic carbocycles. The summed E-state index contributed by atoms with van der Waals surface area (Å²) in [6.45, 7) is 5.90. The maximum Gasteiger partial charge on any atom is 0.277 e. The summed E-state index contributed by atoms with van der Waals surface area (Å²) in [5.41, 5.74) is 4.32. The van der Waals surface area contributed by atoms with E-state index in [2.05, 4.69) is 17.1 Å². The molecule has 0 bridgehead atoms. The summed E-state index contributed by atoms with van der Waals surface area (Å²) in [4.78, 5) is 11.7. The van der Waals surface area contributed by atoms with E-state index >= 15 is 0 Å².